The summed E-state index contributed by atoms with van der Waals surface area (Å²) in [5.41, 5.74) is 0.184. The van der Waals surface area contributed by atoms with Crippen molar-refractivity contribution in [2.24, 2.45) is 0 Å². The molecule has 3 nitrogen and oxygen atoms in total. The van der Waals surface area contributed by atoms with Crippen LogP contribution in [0.4, 0.5) is 0 Å². The summed E-state index contributed by atoms with van der Waals surface area (Å²) in [6, 6.07) is 0. The van der Waals surface area contributed by atoms with Gasteiger partial charge in [-0.2, -0.15) is 0 Å². The molecule has 0 bridgehead atoms. The van der Waals surface area contributed by atoms with Crippen LogP contribution in [0, 0.1) is 0 Å². The van der Waals surface area contributed by atoms with Gasteiger partial charge in [-0.05, 0) is 26.3 Å². The molecule has 0 aromatic rings. The normalized spacial score (nSPS) is 25.5. The lowest BCUT2D eigenvalue weighted by Gasteiger charge is -2.37. The Morgan fingerprint density at radius 1 is 1.21 bits per heavy atom. The van der Waals surface area contributed by atoms with Gasteiger partial charge in [-0.25, -0.2) is 0 Å². The van der Waals surface area contributed by atoms with Crippen LogP contribution in [0.1, 0.15) is 39.5 Å². The number of carbonyl (C=O) groups excluding carboxylic acids is 1. The van der Waals surface area contributed by atoms with Gasteiger partial charge < -0.3 is 10.2 Å². The molecule has 2 heterocycles. The molecule has 1 N–H and O–H groups in total. The fraction of sp³-hybridized carbons (Fsp3) is 0.909. The van der Waals surface area contributed by atoms with E-state index in [1.165, 1.54) is 0 Å². The molecule has 0 saturated carbocycles. The van der Waals surface area contributed by atoms with Crippen molar-refractivity contribution < 1.29 is 4.79 Å². The van der Waals surface area contributed by atoms with Crippen LogP contribution in [0.3, 0.4) is 0 Å². The minimum absolute atomic E-state index is 0.184. The topological polar surface area (TPSA) is 32.3 Å². The first-order chi connectivity index (χ1) is 6.70. The molecule has 0 unspecified atom stereocenters. The molecule has 14 heavy (non-hydrogen) atoms. The third-order valence-electron chi connectivity index (χ3n) is 3.18. The second-order valence-corrected chi connectivity index (χ2v) is 4.13. The van der Waals surface area contributed by atoms with E-state index in [0.29, 0.717) is 0 Å². The number of nitrogens with zero attached hydrogens (tertiary/aromatic N) is 1. The third kappa shape index (κ3) is 2.47. The van der Waals surface area contributed by atoms with Crippen molar-refractivity contribution in [3.05, 3.63) is 0 Å². The molecule has 0 radical (unpaired) electrons. The van der Waals surface area contributed by atoms with E-state index in [-0.39, 0.29) is 11.4 Å². The predicted molar refractivity (Wildman–Crippen MR) is 58.2 cm³/mol. The molecule has 2 rings (SSSR count). The first-order valence-electron chi connectivity index (χ1n) is 5.70. The molecule has 82 valence electrons. The van der Waals surface area contributed by atoms with E-state index in [2.05, 4.69) is 17.3 Å². The Bertz CT molecular complexity index is 195. The molecule has 0 aromatic carbocycles. The lowest BCUT2D eigenvalue weighted by molar-refractivity contribution is -0.120. The molecule has 3 heteroatoms. The molecule has 2 fully saturated rings. The lowest BCUT2D eigenvalue weighted by atomic mass is 9.86. The highest BCUT2D eigenvalue weighted by Gasteiger charge is 2.39. The van der Waals surface area contributed by atoms with Crippen LogP contribution in [-0.4, -0.2) is 36.5 Å². The molecule has 2 aliphatic heterocycles. The van der Waals surface area contributed by atoms with Crippen LogP contribution in [0.25, 0.3) is 0 Å². The van der Waals surface area contributed by atoms with Crippen LogP contribution in [-0.2, 0) is 4.79 Å². The Hall–Kier alpha value is -0.570. The van der Waals surface area contributed by atoms with Gasteiger partial charge in [0.05, 0.1) is 0 Å². The monoisotopic (exact) mass is 198 g/mol. The third-order valence-corrected chi connectivity index (χ3v) is 3.18. The fourth-order valence-electron chi connectivity index (χ4n) is 2.20. The van der Waals surface area contributed by atoms with E-state index >= 15 is 0 Å². The van der Waals surface area contributed by atoms with Crippen molar-refractivity contribution >= 4 is 5.91 Å². The fourth-order valence-corrected chi connectivity index (χ4v) is 2.20. The molecule has 1 spiro atoms. The standard InChI is InChI=1S/C9H16N2O.C2H6/c1-11-6-4-9(5-7-11)3-2-8(12)10-9;1-2/h2-7H2,1H3,(H,10,12);1-2H3. The Balaban J connectivity index is 0.000000461. The van der Waals surface area contributed by atoms with Crippen LogP contribution in [0.2, 0.25) is 0 Å². The number of hydrogen-bond donors (Lipinski definition) is 1. The van der Waals surface area contributed by atoms with E-state index in [1.807, 2.05) is 13.8 Å². The van der Waals surface area contributed by atoms with Crippen LogP contribution < -0.4 is 5.32 Å². The highest BCUT2D eigenvalue weighted by atomic mass is 16.2. The van der Waals surface area contributed by atoms with Gasteiger partial charge in [0.2, 0.25) is 5.91 Å². The Morgan fingerprint density at radius 3 is 2.21 bits per heavy atom. The summed E-state index contributed by atoms with van der Waals surface area (Å²) in [4.78, 5) is 13.4. The van der Waals surface area contributed by atoms with Crippen molar-refractivity contribution in [1.29, 1.82) is 0 Å². The average Bonchev–Trinajstić information content (AvgIpc) is 2.57. The maximum Gasteiger partial charge on any atom is 0.220 e. The van der Waals surface area contributed by atoms with Crippen LogP contribution in [0.15, 0.2) is 0 Å². The zero-order valence-corrected chi connectivity index (χ0v) is 9.60. The van der Waals surface area contributed by atoms with Crippen molar-refractivity contribution in [1.82, 2.24) is 10.2 Å². The number of carbonyl (C=O) groups is 1. The van der Waals surface area contributed by atoms with Gasteiger partial charge in [-0.15, -0.1) is 0 Å². The van der Waals surface area contributed by atoms with Gasteiger partial charge in [0.1, 0.15) is 0 Å². The summed E-state index contributed by atoms with van der Waals surface area (Å²) in [6.07, 6.45) is 4.06. The number of likely N-dealkylation sites (tertiary alicyclic amines) is 1. The first-order valence-corrected chi connectivity index (χ1v) is 5.70. The molecular weight excluding hydrogens is 176 g/mol. The van der Waals surface area contributed by atoms with E-state index in [4.69, 9.17) is 0 Å². The summed E-state index contributed by atoms with van der Waals surface area (Å²) in [6.45, 7) is 6.25. The minimum atomic E-state index is 0.184. The highest BCUT2D eigenvalue weighted by molar-refractivity contribution is 5.79. The van der Waals surface area contributed by atoms with Gasteiger partial charge in [-0.1, -0.05) is 13.8 Å². The van der Waals surface area contributed by atoms with Gasteiger partial charge in [0, 0.05) is 25.0 Å². The molecular formula is C11H22N2O. The van der Waals surface area contributed by atoms with Crippen molar-refractivity contribution in [3.63, 3.8) is 0 Å². The molecule has 2 aliphatic rings. The molecule has 0 atom stereocenters. The number of nitrogens with one attached hydrogen (secondary N) is 1. The molecule has 0 aliphatic carbocycles. The highest BCUT2D eigenvalue weighted by Crippen LogP contribution is 2.30. The van der Waals surface area contributed by atoms with Crippen LogP contribution in [0.5, 0.6) is 0 Å². The van der Waals surface area contributed by atoms with Gasteiger partial charge in [0.15, 0.2) is 0 Å². The van der Waals surface area contributed by atoms with E-state index in [1.54, 1.807) is 0 Å². The summed E-state index contributed by atoms with van der Waals surface area (Å²) in [5, 5.41) is 3.12. The van der Waals surface area contributed by atoms with Gasteiger partial charge in [-0.3, -0.25) is 4.79 Å². The Morgan fingerprint density at radius 2 is 1.79 bits per heavy atom. The molecule has 2 saturated heterocycles. The zero-order valence-electron chi connectivity index (χ0n) is 9.60. The van der Waals surface area contributed by atoms with Crippen molar-refractivity contribution in [2.45, 2.75) is 45.1 Å². The number of piperidine rings is 1. The zero-order chi connectivity index (χ0) is 10.6. The molecule has 0 aromatic heterocycles. The summed E-state index contributed by atoms with van der Waals surface area (Å²) in [7, 11) is 2.14. The quantitative estimate of drug-likeness (QED) is 0.638. The Kier molecular flexibility index (Phi) is 3.93. The lowest BCUT2D eigenvalue weighted by Crippen LogP contribution is -2.49. The first kappa shape index (κ1) is 11.5. The van der Waals surface area contributed by atoms with E-state index < -0.39 is 0 Å². The van der Waals surface area contributed by atoms with E-state index in [0.717, 1.165) is 38.8 Å². The Labute approximate surface area is 86.9 Å². The van der Waals surface area contributed by atoms with Gasteiger partial charge >= 0.3 is 0 Å². The molecule has 1 amide bonds. The van der Waals surface area contributed by atoms with Crippen molar-refractivity contribution in [3.8, 4) is 0 Å². The summed E-state index contributed by atoms with van der Waals surface area (Å²) < 4.78 is 0. The summed E-state index contributed by atoms with van der Waals surface area (Å²) >= 11 is 0. The SMILES string of the molecule is CC.CN1CCC2(CCC(=O)N2)CC1. The number of amides is 1. The maximum absolute atomic E-state index is 11.1. The summed E-state index contributed by atoms with van der Waals surface area (Å²) in [5.74, 6) is 0.250. The largest absolute Gasteiger partial charge is 0.351 e. The average molecular weight is 198 g/mol. The predicted octanol–water partition coefficient (Wildman–Crippen LogP) is 1.39. The van der Waals surface area contributed by atoms with Gasteiger partial charge in [0.25, 0.3) is 0 Å². The van der Waals surface area contributed by atoms with Crippen molar-refractivity contribution in [2.75, 3.05) is 20.1 Å². The number of rotatable bonds is 0. The van der Waals surface area contributed by atoms with Crippen LogP contribution >= 0.6 is 0 Å². The van der Waals surface area contributed by atoms with E-state index in [9.17, 15) is 4.79 Å². The number of hydrogen-bond acceptors (Lipinski definition) is 2. The smallest absolute Gasteiger partial charge is 0.220 e. The minimum Gasteiger partial charge on any atom is -0.351 e. The second kappa shape index (κ2) is 4.78. The maximum atomic E-state index is 11.1. The second-order valence-electron chi connectivity index (χ2n) is 4.13.